The normalized spacial score (nSPS) is 13.1. The van der Waals surface area contributed by atoms with Crippen molar-refractivity contribution in [3.05, 3.63) is 57.6 Å². The summed E-state index contributed by atoms with van der Waals surface area (Å²) < 4.78 is 1.30. The van der Waals surface area contributed by atoms with E-state index < -0.39 is 0 Å². The van der Waals surface area contributed by atoms with Crippen LogP contribution in [-0.4, -0.2) is 0 Å². The zero-order valence-corrected chi connectivity index (χ0v) is 10.8. The predicted molar refractivity (Wildman–Crippen MR) is 73.8 cm³/mol. The zero-order valence-electron chi connectivity index (χ0n) is 8.39. The molecule has 1 atom stereocenters. The van der Waals surface area contributed by atoms with Crippen molar-refractivity contribution in [2.45, 2.75) is 5.38 Å². The Labute approximate surface area is 107 Å². The highest BCUT2D eigenvalue weighted by Crippen LogP contribution is 2.37. The molecule has 0 N–H and O–H groups in total. The summed E-state index contributed by atoms with van der Waals surface area (Å²) in [5.74, 6) is 0. The molecular weight excluding hydrogens is 256 g/mol. The van der Waals surface area contributed by atoms with Gasteiger partial charge in [0.25, 0.3) is 0 Å². The molecule has 0 amide bonds. The molecule has 1 aromatic carbocycles. The van der Waals surface area contributed by atoms with Crippen LogP contribution in [0.2, 0.25) is 0 Å². The van der Waals surface area contributed by atoms with Gasteiger partial charge in [-0.05, 0) is 44.8 Å². The van der Waals surface area contributed by atoms with Crippen LogP contribution in [0.15, 0.2) is 46.5 Å². The van der Waals surface area contributed by atoms with Crippen LogP contribution in [0, 0.1) is 0 Å². The summed E-state index contributed by atoms with van der Waals surface area (Å²) in [7, 11) is 0. The van der Waals surface area contributed by atoms with E-state index in [1.165, 1.54) is 21.2 Å². The quantitative estimate of drug-likeness (QED) is 0.552. The van der Waals surface area contributed by atoms with E-state index in [-0.39, 0.29) is 5.38 Å². The molecule has 16 heavy (non-hydrogen) atoms. The molecule has 2 heterocycles. The minimum Gasteiger partial charge on any atom is -0.152 e. The van der Waals surface area contributed by atoms with Gasteiger partial charge in [-0.1, -0.05) is 18.2 Å². The molecule has 1 unspecified atom stereocenters. The van der Waals surface area contributed by atoms with E-state index in [1.54, 1.807) is 22.7 Å². The number of hydrogen-bond acceptors (Lipinski definition) is 2. The Balaban J connectivity index is 2.12. The highest BCUT2D eigenvalue weighted by Gasteiger charge is 2.15. The first-order valence-electron chi connectivity index (χ1n) is 4.98. The van der Waals surface area contributed by atoms with Crippen LogP contribution in [0.3, 0.4) is 0 Å². The molecule has 0 nitrogen and oxygen atoms in total. The molecule has 0 bridgehead atoms. The number of fused-ring (bicyclic) bond motifs is 1. The number of hydrogen-bond donors (Lipinski definition) is 0. The standard InChI is InChI=1S/C13H9ClS2/c14-13(9-5-6-15-7-9)11-8-16-12-4-2-1-3-10(11)12/h1-8,13H. The molecular formula is C13H9ClS2. The third-order valence-electron chi connectivity index (χ3n) is 2.62. The van der Waals surface area contributed by atoms with Crippen LogP contribution in [0.5, 0.6) is 0 Å². The molecule has 2 aromatic heterocycles. The van der Waals surface area contributed by atoms with Gasteiger partial charge in [0.2, 0.25) is 0 Å². The van der Waals surface area contributed by atoms with Crippen molar-refractivity contribution in [2.75, 3.05) is 0 Å². The van der Waals surface area contributed by atoms with Crippen molar-refractivity contribution in [1.29, 1.82) is 0 Å². The topological polar surface area (TPSA) is 0 Å². The van der Waals surface area contributed by atoms with Gasteiger partial charge in [0.1, 0.15) is 0 Å². The molecule has 0 spiro atoms. The number of thiophene rings is 2. The molecule has 0 fully saturated rings. The molecule has 0 radical (unpaired) electrons. The van der Waals surface area contributed by atoms with E-state index in [9.17, 15) is 0 Å². The van der Waals surface area contributed by atoms with Crippen molar-refractivity contribution < 1.29 is 0 Å². The van der Waals surface area contributed by atoms with E-state index >= 15 is 0 Å². The van der Waals surface area contributed by atoms with Crippen LogP contribution in [-0.2, 0) is 0 Å². The lowest BCUT2D eigenvalue weighted by Gasteiger charge is -2.06. The summed E-state index contributed by atoms with van der Waals surface area (Å²) in [6.45, 7) is 0. The average Bonchev–Trinajstić information content (AvgIpc) is 2.98. The molecule has 0 aliphatic carbocycles. The molecule has 80 valence electrons. The molecule has 3 aromatic rings. The van der Waals surface area contributed by atoms with Gasteiger partial charge in [-0.3, -0.25) is 0 Å². The molecule has 0 aliphatic rings. The Hall–Kier alpha value is -0.830. The van der Waals surface area contributed by atoms with E-state index in [1.807, 2.05) is 0 Å². The van der Waals surface area contributed by atoms with Gasteiger partial charge in [0, 0.05) is 4.70 Å². The first-order chi connectivity index (χ1) is 7.86. The smallest absolute Gasteiger partial charge is 0.0857 e. The van der Waals surface area contributed by atoms with Crippen LogP contribution < -0.4 is 0 Å². The van der Waals surface area contributed by atoms with E-state index in [4.69, 9.17) is 11.6 Å². The maximum absolute atomic E-state index is 6.51. The number of halogens is 1. The highest BCUT2D eigenvalue weighted by molar-refractivity contribution is 7.17. The van der Waals surface area contributed by atoms with Gasteiger partial charge in [-0.15, -0.1) is 22.9 Å². The second kappa shape index (κ2) is 4.21. The SMILES string of the molecule is ClC(c1ccsc1)c1csc2ccccc12. The Morgan fingerprint density at radius 3 is 2.75 bits per heavy atom. The minimum absolute atomic E-state index is 0.0256. The third-order valence-corrected chi connectivity index (χ3v) is 4.79. The monoisotopic (exact) mass is 264 g/mol. The lowest BCUT2D eigenvalue weighted by molar-refractivity contribution is 1.19. The van der Waals surface area contributed by atoms with Crippen LogP contribution in [0.4, 0.5) is 0 Å². The van der Waals surface area contributed by atoms with Gasteiger partial charge in [0.05, 0.1) is 5.38 Å². The van der Waals surface area contributed by atoms with E-state index in [0.29, 0.717) is 0 Å². The Morgan fingerprint density at radius 1 is 1.06 bits per heavy atom. The largest absolute Gasteiger partial charge is 0.152 e. The molecule has 0 saturated carbocycles. The lowest BCUT2D eigenvalue weighted by Crippen LogP contribution is -1.88. The fraction of sp³-hybridized carbons (Fsp3) is 0.0769. The van der Waals surface area contributed by atoms with Gasteiger partial charge in [-0.25, -0.2) is 0 Å². The number of benzene rings is 1. The predicted octanol–water partition coefficient (Wildman–Crippen LogP) is 5.29. The highest BCUT2D eigenvalue weighted by atomic mass is 35.5. The molecule has 3 heteroatoms. The Bertz CT molecular complexity index is 595. The van der Waals surface area contributed by atoms with Crippen molar-refractivity contribution in [3.63, 3.8) is 0 Å². The summed E-state index contributed by atoms with van der Waals surface area (Å²) in [5.41, 5.74) is 2.41. The summed E-state index contributed by atoms with van der Waals surface area (Å²) in [5, 5.41) is 7.60. The maximum Gasteiger partial charge on any atom is 0.0857 e. The van der Waals surface area contributed by atoms with Gasteiger partial charge < -0.3 is 0 Å². The van der Waals surface area contributed by atoms with Crippen LogP contribution >= 0.6 is 34.3 Å². The van der Waals surface area contributed by atoms with Gasteiger partial charge >= 0.3 is 0 Å². The van der Waals surface area contributed by atoms with E-state index in [0.717, 1.165) is 0 Å². The van der Waals surface area contributed by atoms with Crippen molar-refractivity contribution in [3.8, 4) is 0 Å². The summed E-state index contributed by atoms with van der Waals surface area (Å²) in [6, 6.07) is 10.5. The zero-order chi connectivity index (χ0) is 11.0. The molecule has 0 aliphatic heterocycles. The molecule has 3 rings (SSSR count). The average molecular weight is 265 g/mol. The first-order valence-corrected chi connectivity index (χ1v) is 7.24. The third kappa shape index (κ3) is 1.67. The van der Waals surface area contributed by atoms with Crippen molar-refractivity contribution >= 4 is 44.4 Å². The lowest BCUT2D eigenvalue weighted by atomic mass is 10.1. The summed E-state index contributed by atoms with van der Waals surface area (Å²) >= 11 is 9.95. The first kappa shape index (κ1) is 10.3. The van der Waals surface area contributed by atoms with E-state index in [2.05, 4.69) is 46.5 Å². The number of alkyl halides is 1. The fourth-order valence-electron chi connectivity index (χ4n) is 1.79. The minimum atomic E-state index is -0.0256. The Kier molecular flexibility index (Phi) is 2.72. The second-order valence-electron chi connectivity index (χ2n) is 3.61. The Morgan fingerprint density at radius 2 is 1.94 bits per heavy atom. The van der Waals surface area contributed by atoms with Crippen molar-refractivity contribution in [1.82, 2.24) is 0 Å². The van der Waals surface area contributed by atoms with Crippen LogP contribution in [0.25, 0.3) is 10.1 Å². The number of rotatable bonds is 2. The molecule has 0 saturated heterocycles. The summed E-state index contributed by atoms with van der Waals surface area (Å²) in [6.07, 6.45) is 0. The van der Waals surface area contributed by atoms with Crippen LogP contribution in [0.1, 0.15) is 16.5 Å². The van der Waals surface area contributed by atoms with Gasteiger partial charge in [0.15, 0.2) is 0 Å². The van der Waals surface area contributed by atoms with Crippen molar-refractivity contribution in [2.24, 2.45) is 0 Å². The maximum atomic E-state index is 6.51. The fourth-order valence-corrected chi connectivity index (χ4v) is 3.93. The van der Waals surface area contributed by atoms with Gasteiger partial charge in [-0.2, -0.15) is 11.3 Å². The second-order valence-corrected chi connectivity index (χ2v) is 5.73. The summed E-state index contributed by atoms with van der Waals surface area (Å²) in [4.78, 5) is 0.